The molecule has 0 amide bonds. The number of hydrogen-bond acceptors (Lipinski definition) is 8. The van der Waals surface area contributed by atoms with Crippen molar-refractivity contribution in [1.29, 1.82) is 0 Å². The molecule has 1 fully saturated rings. The number of nitrogens with two attached hydrogens (primary N) is 1. The lowest BCUT2D eigenvalue weighted by Gasteiger charge is -2.18. The van der Waals surface area contributed by atoms with Gasteiger partial charge in [-0.15, -0.1) is 0 Å². The summed E-state index contributed by atoms with van der Waals surface area (Å²) in [6, 6.07) is 7.68. The van der Waals surface area contributed by atoms with Crippen LogP contribution >= 0.6 is 0 Å². The van der Waals surface area contributed by atoms with E-state index >= 15 is 0 Å². The van der Waals surface area contributed by atoms with Crippen LogP contribution in [0.25, 0.3) is 11.3 Å². The second kappa shape index (κ2) is 7.09. The van der Waals surface area contributed by atoms with Gasteiger partial charge < -0.3 is 19.9 Å². The molecule has 0 aliphatic carbocycles. The average molecular weight is 352 g/mol. The lowest BCUT2D eigenvalue weighted by atomic mass is 10.0. The second-order valence-electron chi connectivity index (χ2n) is 6.34. The number of ether oxygens (including phenoxy) is 1. The van der Waals surface area contributed by atoms with Crippen molar-refractivity contribution in [2.45, 2.75) is 18.9 Å². The lowest BCUT2D eigenvalue weighted by Crippen LogP contribution is -2.19. The molecule has 1 aliphatic heterocycles. The fraction of sp³-hybridized carbons (Fsp3) is 0.333. The molecule has 1 aliphatic rings. The summed E-state index contributed by atoms with van der Waals surface area (Å²) in [6.07, 6.45) is 4.42. The highest BCUT2D eigenvalue weighted by Gasteiger charge is 2.21. The van der Waals surface area contributed by atoms with Crippen molar-refractivity contribution in [3.05, 3.63) is 48.1 Å². The van der Waals surface area contributed by atoms with Gasteiger partial charge in [0.1, 0.15) is 11.5 Å². The van der Waals surface area contributed by atoms with Crippen LogP contribution in [0.15, 0.2) is 41.2 Å². The van der Waals surface area contributed by atoms with Crippen LogP contribution in [0, 0.1) is 0 Å². The zero-order valence-corrected chi connectivity index (χ0v) is 14.5. The first-order valence-corrected chi connectivity index (χ1v) is 8.48. The van der Waals surface area contributed by atoms with Gasteiger partial charge in [0.2, 0.25) is 5.95 Å². The number of nitrogens with zero attached hydrogens (tertiary/aromatic N) is 5. The van der Waals surface area contributed by atoms with Crippen molar-refractivity contribution >= 4 is 11.8 Å². The van der Waals surface area contributed by atoms with Gasteiger partial charge in [-0.05, 0) is 18.6 Å². The Labute approximate surface area is 151 Å². The van der Waals surface area contributed by atoms with Crippen molar-refractivity contribution in [3.8, 4) is 11.3 Å². The summed E-state index contributed by atoms with van der Waals surface area (Å²) in [5.41, 5.74) is 8.57. The number of anilines is 2. The standard InChI is InChI=1S/C18H20N6O2/c1-24(10-14-8-16(23-26-14)12-2-5-20-6-3-12)17-9-15(21-18(19)22-17)13-4-7-25-11-13/h2-3,5-6,8-9,13H,4,7,10-11H2,1H3,(H2,19,21,22). The molecule has 1 saturated heterocycles. The number of aromatic nitrogens is 4. The Bertz CT molecular complexity index is 876. The van der Waals surface area contributed by atoms with E-state index in [1.54, 1.807) is 12.4 Å². The molecule has 0 saturated carbocycles. The molecule has 4 rings (SSSR count). The van der Waals surface area contributed by atoms with Crippen molar-refractivity contribution in [2.24, 2.45) is 0 Å². The molecular weight excluding hydrogens is 332 g/mol. The van der Waals surface area contributed by atoms with Gasteiger partial charge in [0.25, 0.3) is 0 Å². The van der Waals surface area contributed by atoms with Gasteiger partial charge in [0.05, 0.1) is 18.8 Å². The van der Waals surface area contributed by atoms with Gasteiger partial charge in [-0.3, -0.25) is 4.98 Å². The Morgan fingerprint density at radius 2 is 2.08 bits per heavy atom. The summed E-state index contributed by atoms with van der Waals surface area (Å²) in [6.45, 7) is 1.96. The highest BCUT2D eigenvalue weighted by molar-refractivity contribution is 5.58. The molecule has 0 aromatic carbocycles. The van der Waals surface area contributed by atoms with Crippen molar-refractivity contribution in [2.75, 3.05) is 30.9 Å². The summed E-state index contributed by atoms with van der Waals surface area (Å²) in [4.78, 5) is 14.7. The van der Waals surface area contributed by atoms with E-state index in [2.05, 4.69) is 20.1 Å². The summed E-state index contributed by atoms with van der Waals surface area (Å²) >= 11 is 0. The molecule has 3 aromatic heterocycles. The van der Waals surface area contributed by atoms with E-state index in [0.717, 1.165) is 41.6 Å². The summed E-state index contributed by atoms with van der Waals surface area (Å²) in [7, 11) is 1.94. The van der Waals surface area contributed by atoms with Gasteiger partial charge >= 0.3 is 0 Å². The van der Waals surface area contributed by atoms with E-state index in [-0.39, 0.29) is 11.9 Å². The summed E-state index contributed by atoms with van der Waals surface area (Å²) < 4.78 is 10.9. The largest absolute Gasteiger partial charge is 0.381 e. The highest BCUT2D eigenvalue weighted by atomic mass is 16.5. The predicted octanol–water partition coefficient (Wildman–Crippen LogP) is 2.25. The van der Waals surface area contributed by atoms with Gasteiger partial charge in [-0.2, -0.15) is 4.98 Å². The monoisotopic (exact) mass is 352 g/mol. The molecule has 4 heterocycles. The third kappa shape index (κ3) is 3.50. The molecule has 134 valence electrons. The van der Waals surface area contributed by atoms with E-state index in [1.807, 2.05) is 36.2 Å². The quantitative estimate of drug-likeness (QED) is 0.746. The minimum absolute atomic E-state index is 0.270. The molecule has 1 atom stereocenters. The topological polar surface area (TPSA) is 103 Å². The minimum Gasteiger partial charge on any atom is -0.381 e. The smallest absolute Gasteiger partial charge is 0.222 e. The third-order valence-electron chi connectivity index (χ3n) is 4.42. The van der Waals surface area contributed by atoms with Crippen molar-refractivity contribution in [1.82, 2.24) is 20.1 Å². The molecule has 2 N–H and O–H groups in total. The van der Waals surface area contributed by atoms with Gasteiger partial charge in [-0.25, -0.2) is 4.98 Å². The van der Waals surface area contributed by atoms with Gasteiger partial charge in [0.15, 0.2) is 5.76 Å². The number of hydrogen-bond donors (Lipinski definition) is 1. The Morgan fingerprint density at radius 3 is 2.85 bits per heavy atom. The van der Waals surface area contributed by atoms with Crippen LogP contribution in [0.5, 0.6) is 0 Å². The molecule has 8 nitrogen and oxygen atoms in total. The van der Waals surface area contributed by atoms with Gasteiger partial charge in [-0.1, -0.05) is 5.16 Å². The fourth-order valence-corrected chi connectivity index (χ4v) is 3.00. The molecule has 26 heavy (non-hydrogen) atoms. The van der Waals surface area contributed by atoms with Crippen molar-refractivity contribution in [3.63, 3.8) is 0 Å². The first-order valence-electron chi connectivity index (χ1n) is 8.48. The van der Waals surface area contributed by atoms with Crippen LogP contribution in [0.2, 0.25) is 0 Å². The minimum atomic E-state index is 0.270. The van der Waals surface area contributed by atoms with E-state index in [9.17, 15) is 0 Å². The van der Waals surface area contributed by atoms with Crippen LogP contribution in [0.1, 0.15) is 23.8 Å². The maximum Gasteiger partial charge on any atom is 0.222 e. The highest BCUT2D eigenvalue weighted by Crippen LogP contribution is 2.27. The van der Waals surface area contributed by atoms with Gasteiger partial charge in [0, 0.05) is 49.7 Å². The Morgan fingerprint density at radius 1 is 1.23 bits per heavy atom. The first-order chi connectivity index (χ1) is 12.7. The molecule has 0 spiro atoms. The van der Waals surface area contributed by atoms with Crippen LogP contribution in [-0.4, -0.2) is 40.4 Å². The Kier molecular flexibility index (Phi) is 4.49. The van der Waals surface area contributed by atoms with E-state index in [0.29, 0.717) is 13.2 Å². The van der Waals surface area contributed by atoms with Crippen LogP contribution in [0.3, 0.4) is 0 Å². The van der Waals surface area contributed by atoms with Crippen molar-refractivity contribution < 1.29 is 9.26 Å². The van der Waals surface area contributed by atoms with Crippen LogP contribution < -0.4 is 10.6 Å². The summed E-state index contributed by atoms with van der Waals surface area (Å²) in [5, 5.41) is 4.13. The fourth-order valence-electron chi connectivity index (χ4n) is 3.00. The molecule has 8 heteroatoms. The molecule has 3 aromatic rings. The van der Waals surface area contributed by atoms with E-state index in [1.165, 1.54) is 0 Å². The number of pyridine rings is 1. The molecule has 1 unspecified atom stereocenters. The maximum absolute atomic E-state index is 5.91. The lowest BCUT2D eigenvalue weighted by molar-refractivity contribution is 0.193. The summed E-state index contributed by atoms with van der Waals surface area (Å²) in [5.74, 6) is 2.03. The predicted molar refractivity (Wildman–Crippen MR) is 96.5 cm³/mol. The van der Waals surface area contributed by atoms with E-state index < -0.39 is 0 Å². The molecule has 0 radical (unpaired) electrons. The van der Waals surface area contributed by atoms with E-state index in [4.69, 9.17) is 15.0 Å². The SMILES string of the molecule is CN(Cc1cc(-c2ccncc2)no1)c1cc(C2CCOC2)nc(N)n1. The second-order valence-corrected chi connectivity index (χ2v) is 6.34. The van der Waals surface area contributed by atoms with Crippen LogP contribution in [-0.2, 0) is 11.3 Å². The Balaban J connectivity index is 1.51. The maximum atomic E-state index is 5.91. The Hall–Kier alpha value is -3.00. The number of rotatable bonds is 5. The first kappa shape index (κ1) is 16.5. The normalized spacial score (nSPS) is 16.7. The molecule has 0 bridgehead atoms. The van der Waals surface area contributed by atoms with Crippen LogP contribution in [0.4, 0.5) is 11.8 Å². The molecular formula is C18H20N6O2. The number of nitrogen functional groups attached to an aromatic ring is 1. The zero-order chi connectivity index (χ0) is 17.9. The third-order valence-corrected chi connectivity index (χ3v) is 4.42. The average Bonchev–Trinajstić information content (AvgIpc) is 3.34. The zero-order valence-electron chi connectivity index (χ0n) is 14.5.